The van der Waals surface area contributed by atoms with Gasteiger partial charge in [-0.05, 0) is 25.5 Å². The molecular formula is C15H18N2O2S. The molecule has 1 aromatic carbocycles. The number of hydrogen-bond acceptors (Lipinski definition) is 4. The summed E-state index contributed by atoms with van der Waals surface area (Å²) in [6.45, 7) is 5.14. The summed E-state index contributed by atoms with van der Waals surface area (Å²) in [5.41, 5.74) is 3.22. The lowest BCUT2D eigenvalue weighted by atomic mass is 10.1. The number of para-hydroxylation sites is 1. The zero-order chi connectivity index (χ0) is 14.5. The van der Waals surface area contributed by atoms with Gasteiger partial charge in [0.2, 0.25) is 0 Å². The summed E-state index contributed by atoms with van der Waals surface area (Å²) in [4.78, 5) is 17.4. The van der Waals surface area contributed by atoms with Gasteiger partial charge >= 0.3 is 5.97 Å². The highest BCUT2D eigenvalue weighted by atomic mass is 32.1. The fraction of sp³-hybridized carbons (Fsp3) is 0.333. The van der Waals surface area contributed by atoms with Crippen LogP contribution in [0.2, 0.25) is 0 Å². The van der Waals surface area contributed by atoms with Gasteiger partial charge in [-0.2, -0.15) is 0 Å². The maximum absolute atomic E-state index is 10.8. The predicted molar refractivity (Wildman–Crippen MR) is 81.3 cm³/mol. The molecule has 4 nitrogen and oxygen atoms in total. The Bertz CT molecular complexity index is 595. The second-order valence-electron chi connectivity index (χ2n) is 4.73. The highest BCUT2D eigenvalue weighted by molar-refractivity contribution is 7.09. The fourth-order valence-electron chi connectivity index (χ4n) is 2.07. The zero-order valence-electron chi connectivity index (χ0n) is 11.7. The van der Waals surface area contributed by atoms with Crippen LogP contribution in [-0.4, -0.2) is 22.6 Å². The number of carbonyl (C=O) groups is 1. The summed E-state index contributed by atoms with van der Waals surface area (Å²) in [6.07, 6.45) is 0.124. The molecule has 0 saturated heterocycles. The molecule has 1 aromatic heterocycles. The van der Waals surface area contributed by atoms with E-state index >= 15 is 0 Å². The van der Waals surface area contributed by atoms with Crippen molar-refractivity contribution >= 4 is 23.0 Å². The third-order valence-electron chi connectivity index (χ3n) is 3.04. The largest absolute Gasteiger partial charge is 0.481 e. The van der Waals surface area contributed by atoms with Crippen LogP contribution < -0.4 is 4.90 Å². The van der Waals surface area contributed by atoms with Crippen LogP contribution in [-0.2, 0) is 11.3 Å². The van der Waals surface area contributed by atoms with Gasteiger partial charge in [0.15, 0.2) is 0 Å². The van der Waals surface area contributed by atoms with Crippen molar-refractivity contribution in [2.24, 2.45) is 0 Å². The van der Waals surface area contributed by atoms with Gasteiger partial charge in [0.25, 0.3) is 0 Å². The molecule has 0 bridgehead atoms. The van der Waals surface area contributed by atoms with E-state index in [1.807, 2.05) is 43.5 Å². The first-order valence-corrected chi connectivity index (χ1v) is 7.37. The Balaban J connectivity index is 2.20. The van der Waals surface area contributed by atoms with Crippen LogP contribution >= 0.6 is 11.3 Å². The lowest BCUT2D eigenvalue weighted by molar-refractivity contribution is -0.136. The maximum atomic E-state index is 10.8. The molecular weight excluding hydrogens is 272 g/mol. The Morgan fingerprint density at radius 1 is 1.35 bits per heavy atom. The van der Waals surface area contributed by atoms with Crippen molar-refractivity contribution in [3.8, 4) is 0 Å². The molecule has 2 rings (SSSR count). The SMILES string of the molecule is Cc1csc(CN(CCC(=O)O)c2ccccc2C)n1. The first kappa shape index (κ1) is 14.5. The Labute approximate surface area is 122 Å². The molecule has 0 spiro atoms. The number of rotatable bonds is 6. The topological polar surface area (TPSA) is 53.4 Å². The van der Waals surface area contributed by atoms with Crippen molar-refractivity contribution in [3.63, 3.8) is 0 Å². The van der Waals surface area contributed by atoms with Gasteiger partial charge in [-0.1, -0.05) is 18.2 Å². The lowest BCUT2D eigenvalue weighted by Crippen LogP contribution is -2.26. The monoisotopic (exact) mass is 290 g/mol. The van der Waals surface area contributed by atoms with Gasteiger partial charge in [0, 0.05) is 23.3 Å². The summed E-state index contributed by atoms with van der Waals surface area (Å²) >= 11 is 1.61. The normalized spacial score (nSPS) is 10.5. The molecule has 0 atom stereocenters. The van der Waals surface area contributed by atoms with E-state index in [1.165, 1.54) is 0 Å². The van der Waals surface area contributed by atoms with Crippen molar-refractivity contribution < 1.29 is 9.90 Å². The highest BCUT2D eigenvalue weighted by Gasteiger charge is 2.13. The molecule has 20 heavy (non-hydrogen) atoms. The van der Waals surface area contributed by atoms with E-state index in [4.69, 9.17) is 5.11 Å². The summed E-state index contributed by atoms with van der Waals surface area (Å²) in [5, 5.41) is 11.9. The van der Waals surface area contributed by atoms with Gasteiger partial charge in [-0.25, -0.2) is 4.98 Å². The number of anilines is 1. The standard InChI is InChI=1S/C15H18N2O2S/c1-11-5-3-4-6-13(11)17(8-7-15(18)19)9-14-16-12(2)10-20-14/h3-6,10H,7-9H2,1-2H3,(H,18,19). The number of carboxylic acids is 1. The predicted octanol–water partition coefficient (Wildman–Crippen LogP) is 3.24. The summed E-state index contributed by atoms with van der Waals surface area (Å²) in [6, 6.07) is 8.03. The number of nitrogens with zero attached hydrogens (tertiary/aromatic N) is 2. The molecule has 1 heterocycles. The first-order chi connectivity index (χ1) is 9.56. The van der Waals surface area contributed by atoms with Gasteiger partial charge in [-0.3, -0.25) is 4.79 Å². The summed E-state index contributed by atoms with van der Waals surface area (Å²) in [5.74, 6) is -0.779. The molecule has 0 fully saturated rings. The molecule has 0 radical (unpaired) electrons. The van der Waals surface area contributed by atoms with Crippen LogP contribution in [0.4, 0.5) is 5.69 Å². The smallest absolute Gasteiger partial charge is 0.305 e. The molecule has 1 N–H and O–H groups in total. The van der Waals surface area contributed by atoms with Gasteiger partial charge < -0.3 is 10.0 Å². The molecule has 0 unspecified atom stereocenters. The number of aryl methyl sites for hydroxylation is 2. The second kappa shape index (κ2) is 6.52. The van der Waals surface area contributed by atoms with Crippen LogP contribution in [0, 0.1) is 13.8 Å². The van der Waals surface area contributed by atoms with Crippen molar-refractivity contribution in [1.29, 1.82) is 0 Å². The third kappa shape index (κ3) is 3.81. The van der Waals surface area contributed by atoms with E-state index in [0.717, 1.165) is 22.0 Å². The molecule has 0 aliphatic heterocycles. The molecule has 2 aromatic rings. The van der Waals surface area contributed by atoms with E-state index in [-0.39, 0.29) is 6.42 Å². The van der Waals surface area contributed by atoms with Crippen LogP contribution in [0.1, 0.15) is 22.7 Å². The number of carboxylic acid groups (broad SMARTS) is 1. The third-order valence-corrected chi connectivity index (χ3v) is 4.00. The number of aromatic nitrogens is 1. The molecule has 5 heteroatoms. The van der Waals surface area contributed by atoms with E-state index < -0.39 is 5.97 Å². The quantitative estimate of drug-likeness (QED) is 0.887. The molecule has 106 valence electrons. The number of benzene rings is 1. The Morgan fingerprint density at radius 3 is 2.70 bits per heavy atom. The van der Waals surface area contributed by atoms with Crippen molar-refractivity contribution in [2.75, 3.05) is 11.4 Å². The Morgan fingerprint density at radius 2 is 2.10 bits per heavy atom. The van der Waals surface area contributed by atoms with Crippen molar-refractivity contribution in [1.82, 2.24) is 4.98 Å². The minimum atomic E-state index is -0.779. The van der Waals surface area contributed by atoms with E-state index in [0.29, 0.717) is 13.1 Å². The van der Waals surface area contributed by atoms with Crippen molar-refractivity contribution in [2.45, 2.75) is 26.8 Å². The molecule has 0 saturated carbocycles. The summed E-state index contributed by atoms with van der Waals surface area (Å²) in [7, 11) is 0. The van der Waals surface area contributed by atoms with Gasteiger partial charge in [-0.15, -0.1) is 11.3 Å². The van der Waals surface area contributed by atoms with E-state index in [2.05, 4.69) is 9.88 Å². The number of aliphatic carboxylic acids is 1. The Hall–Kier alpha value is -1.88. The van der Waals surface area contributed by atoms with E-state index in [9.17, 15) is 4.79 Å². The van der Waals surface area contributed by atoms with Crippen LogP contribution in [0.3, 0.4) is 0 Å². The minimum Gasteiger partial charge on any atom is -0.481 e. The average molecular weight is 290 g/mol. The number of hydrogen-bond donors (Lipinski definition) is 1. The fourth-order valence-corrected chi connectivity index (χ4v) is 2.86. The maximum Gasteiger partial charge on any atom is 0.305 e. The molecule has 0 aliphatic carbocycles. The highest BCUT2D eigenvalue weighted by Crippen LogP contribution is 2.23. The van der Waals surface area contributed by atoms with Gasteiger partial charge in [0.1, 0.15) is 5.01 Å². The zero-order valence-corrected chi connectivity index (χ0v) is 12.5. The lowest BCUT2D eigenvalue weighted by Gasteiger charge is -2.25. The summed E-state index contributed by atoms with van der Waals surface area (Å²) < 4.78 is 0. The van der Waals surface area contributed by atoms with Crippen LogP contribution in [0.5, 0.6) is 0 Å². The van der Waals surface area contributed by atoms with Crippen LogP contribution in [0.25, 0.3) is 0 Å². The molecule has 0 amide bonds. The average Bonchev–Trinajstić information content (AvgIpc) is 2.81. The second-order valence-corrected chi connectivity index (χ2v) is 5.68. The molecule has 0 aliphatic rings. The first-order valence-electron chi connectivity index (χ1n) is 6.49. The van der Waals surface area contributed by atoms with Crippen LogP contribution in [0.15, 0.2) is 29.6 Å². The number of thiazole rings is 1. The van der Waals surface area contributed by atoms with Crippen molar-refractivity contribution in [3.05, 3.63) is 45.9 Å². The van der Waals surface area contributed by atoms with E-state index in [1.54, 1.807) is 11.3 Å². The minimum absolute atomic E-state index is 0.124. The van der Waals surface area contributed by atoms with Gasteiger partial charge in [0.05, 0.1) is 13.0 Å². The Kier molecular flexibility index (Phi) is 4.74.